The second-order valence-electron chi connectivity index (χ2n) is 5.94. The average molecular weight is 339 g/mol. The predicted molar refractivity (Wildman–Crippen MR) is 97.3 cm³/mol. The number of carboxylic acid groups (broad SMARTS) is 1. The molecule has 0 spiro atoms. The van der Waals surface area contributed by atoms with Crippen molar-refractivity contribution in [2.45, 2.75) is 19.9 Å². The minimum absolute atomic E-state index is 0.0763. The van der Waals surface area contributed by atoms with Gasteiger partial charge < -0.3 is 15.7 Å². The highest BCUT2D eigenvalue weighted by Crippen LogP contribution is 2.31. The monoisotopic (exact) mass is 339 g/mol. The topological polar surface area (TPSA) is 81.7 Å². The van der Waals surface area contributed by atoms with Crippen molar-refractivity contribution in [3.63, 3.8) is 0 Å². The molecule has 0 aromatic heterocycles. The molecule has 0 fully saturated rings. The van der Waals surface area contributed by atoms with E-state index in [-0.39, 0.29) is 11.6 Å². The molecule has 3 N–H and O–H groups in total. The molecule has 0 bridgehead atoms. The molecule has 0 atom stereocenters. The molecule has 1 heterocycles. The van der Waals surface area contributed by atoms with Crippen molar-refractivity contribution in [1.29, 1.82) is 0 Å². The highest BCUT2D eigenvalue weighted by molar-refractivity contribution is 5.94. The lowest BCUT2D eigenvalue weighted by molar-refractivity contribution is 0.0696. The molecular weight excluding hydrogens is 318 g/mol. The molecule has 3 rings (SSSR count). The van der Waals surface area contributed by atoms with E-state index in [0.717, 1.165) is 28.9 Å². The maximum atomic E-state index is 12.1. The summed E-state index contributed by atoms with van der Waals surface area (Å²) in [5.74, 6) is -0.933. The summed E-state index contributed by atoms with van der Waals surface area (Å²) in [6.45, 7) is 3.70. The zero-order chi connectivity index (χ0) is 17.8. The number of carbonyl (C=O) groups is 2. The van der Waals surface area contributed by atoms with Crippen molar-refractivity contribution in [3.05, 3.63) is 59.2 Å². The second kappa shape index (κ2) is 7.25. The van der Waals surface area contributed by atoms with Gasteiger partial charge >= 0.3 is 12.0 Å². The van der Waals surface area contributed by atoms with E-state index in [9.17, 15) is 9.59 Å². The number of carboxylic acids is 1. The van der Waals surface area contributed by atoms with E-state index in [1.165, 1.54) is 0 Å². The first-order chi connectivity index (χ1) is 12.1. The molecular formula is C19H21N3O3. The molecule has 25 heavy (non-hydrogen) atoms. The van der Waals surface area contributed by atoms with Crippen LogP contribution in [0.2, 0.25) is 0 Å². The van der Waals surface area contributed by atoms with E-state index in [1.807, 2.05) is 31.2 Å². The third kappa shape index (κ3) is 3.74. The van der Waals surface area contributed by atoms with Gasteiger partial charge in [0.1, 0.15) is 0 Å². The van der Waals surface area contributed by atoms with Gasteiger partial charge in [0, 0.05) is 25.3 Å². The van der Waals surface area contributed by atoms with Crippen LogP contribution in [0.3, 0.4) is 0 Å². The molecule has 2 amide bonds. The fourth-order valence-electron chi connectivity index (χ4n) is 2.97. The molecule has 0 radical (unpaired) electrons. The van der Waals surface area contributed by atoms with Crippen LogP contribution in [0.5, 0.6) is 0 Å². The van der Waals surface area contributed by atoms with Crippen molar-refractivity contribution in [3.8, 4) is 0 Å². The Morgan fingerprint density at radius 1 is 1.20 bits per heavy atom. The van der Waals surface area contributed by atoms with E-state index in [2.05, 4.69) is 10.6 Å². The lowest BCUT2D eigenvalue weighted by Gasteiger charge is -2.18. The molecule has 0 aliphatic carbocycles. The minimum atomic E-state index is -0.933. The first-order valence-electron chi connectivity index (χ1n) is 8.33. The first kappa shape index (κ1) is 16.8. The summed E-state index contributed by atoms with van der Waals surface area (Å²) >= 11 is 0. The van der Waals surface area contributed by atoms with Gasteiger partial charge in [-0.15, -0.1) is 0 Å². The van der Waals surface area contributed by atoms with Crippen LogP contribution in [-0.2, 0) is 13.0 Å². The zero-order valence-corrected chi connectivity index (χ0v) is 14.1. The fraction of sp³-hybridized carbons (Fsp3) is 0.263. The molecule has 6 heteroatoms. The summed E-state index contributed by atoms with van der Waals surface area (Å²) in [4.78, 5) is 24.9. The summed E-state index contributed by atoms with van der Waals surface area (Å²) in [6, 6.07) is 12.8. The van der Waals surface area contributed by atoms with Gasteiger partial charge in [0.2, 0.25) is 0 Å². The van der Waals surface area contributed by atoms with Crippen molar-refractivity contribution >= 4 is 23.4 Å². The Balaban J connectivity index is 1.72. The maximum absolute atomic E-state index is 12.1. The molecule has 2 aromatic rings. The van der Waals surface area contributed by atoms with Gasteiger partial charge in [0.05, 0.1) is 11.3 Å². The smallest absolute Gasteiger partial charge is 0.335 e. The summed E-state index contributed by atoms with van der Waals surface area (Å²) in [5.41, 5.74) is 4.15. The van der Waals surface area contributed by atoms with Gasteiger partial charge in [-0.2, -0.15) is 0 Å². The number of aromatic carboxylic acids is 1. The third-order valence-electron chi connectivity index (χ3n) is 4.22. The quantitative estimate of drug-likeness (QED) is 0.782. The Labute approximate surface area is 146 Å². The molecule has 0 saturated carbocycles. The standard InChI is InChI=1S/C19H21N3O3/c1-2-20-19(25)22-9-8-14-6-7-16(11-17(14)22)21-12-13-4-3-5-15(10-13)18(23)24/h3-7,10-11,21H,2,8-9,12H2,1H3,(H,20,25)(H,23,24). The van der Waals surface area contributed by atoms with E-state index < -0.39 is 5.97 Å². The lowest BCUT2D eigenvalue weighted by Crippen LogP contribution is -2.38. The molecule has 2 aromatic carbocycles. The van der Waals surface area contributed by atoms with Gasteiger partial charge in [0.15, 0.2) is 0 Å². The lowest BCUT2D eigenvalue weighted by atomic mass is 10.1. The number of hydrogen-bond donors (Lipinski definition) is 3. The molecule has 0 saturated heterocycles. The van der Waals surface area contributed by atoms with Gasteiger partial charge in [-0.1, -0.05) is 18.2 Å². The number of carbonyl (C=O) groups excluding carboxylic acids is 1. The van der Waals surface area contributed by atoms with Crippen LogP contribution in [0.1, 0.15) is 28.4 Å². The number of benzene rings is 2. The van der Waals surface area contributed by atoms with Crippen LogP contribution in [0.15, 0.2) is 42.5 Å². The number of amides is 2. The summed E-state index contributed by atoms with van der Waals surface area (Å²) in [7, 11) is 0. The Hall–Kier alpha value is -3.02. The summed E-state index contributed by atoms with van der Waals surface area (Å²) in [5, 5.41) is 15.2. The third-order valence-corrected chi connectivity index (χ3v) is 4.22. The van der Waals surface area contributed by atoms with Crippen LogP contribution in [-0.4, -0.2) is 30.2 Å². The number of anilines is 2. The summed E-state index contributed by atoms with van der Waals surface area (Å²) in [6.07, 6.45) is 0.855. The van der Waals surface area contributed by atoms with Gasteiger partial charge in [-0.05, 0) is 48.7 Å². The Morgan fingerprint density at radius 2 is 2.04 bits per heavy atom. The van der Waals surface area contributed by atoms with Gasteiger partial charge in [-0.3, -0.25) is 4.90 Å². The highest BCUT2D eigenvalue weighted by Gasteiger charge is 2.24. The molecule has 0 unspecified atom stereocenters. The van der Waals surface area contributed by atoms with Crippen molar-refractivity contribution < 1.29 is 14.7 Å². The Morgan fingerprint density at radius 3 is 2.80 bits per heavy atom. The van der Waals surface area contributed by atoms with Gasteiger partial charge in [0.25, 0.3) is 0 Å². The van der Waals surface area contributed by atoms with Gasteiger partial charge in [-0.25, -0.2) is 9.59 Å². The van der Waals surface area contributed by atoms with Crippen molar-refractivity contribution in [2.75, 3.05) is 23.3 Å². The van der Waals surface area contributed by atoms with Crippen LogP contribution in [0, 0.1) is 0 Å². The fourth-order valence-corrected chi connectivity index (χ4v) is 2.97. The highest BCUT2D eigenvalue weighted by atomic mass is 16.4. The molecule has 1 aliphatic heterocycles. The SMILES string of the molecule is CCNC(=O)N1CCc2ccc(NCc3cccc(C(=O)O)c3)cc21. The average Bonchev–Trinajstić information content (AvgIpc) is 3.03. The van der Waals surface area contributed by atoms with E-state index in [0.29, 0.717) is 19.6 Å². The van der Waals surface area contributed by atoms with Crippen LogP contribution in [0.4, 0.5) is 16.2 Å². The normalized spacial score (nSPS) is 12.6. The van der Waals surface area contributed by atoms with Crippen molar-refractivity contribution in [2.24, 2.45) is 0 Å². The first-order valence-corrected chi connectivity index (χ1v) is 8.33. The minimum Gasteiger partial charge on any atom is -0.478 e. The van der Waals surface area contributed by atoms with Crippen LogP contribution in [0.25, 0.3) is 0 Å². The van der Waals surface area contributed by atoms with Crippen molar-refractivity contribution in [1.82, 2.24) is 5.32 Å². The number of nitrogens with zero attached hydrogens (tertiary/aromatic N) is 1. The number of nitrogens with one attached hydrogen (secondary N) is 2. The second-order valence-corrected chi connectivity index (χ2v) is 5.94. The number of rotatable bonds is 5. The maximum Gasteiger partial charge on any atom is 0.335 e. The Bertz CT molecular complexity index is 804. The number of urea groups is 1. The Kier molecular flexibility index (Phi) is 4.88. The number of hydrogen-bond acceptors (Lipinski definition) is 3. The molecule has 6 nitrogen and oxygen atoms in total. The summed E-state index contributed by atoms with van der Waals surface area (Å²) < 4.78 is 0. The molecule has 130 valence electrons. The van der Waals surface area contributed by atoms with E-state index in [1.54, 1.807) is 23.1 Å². The number of fused-ring (bicyclic) bond motifs is 1. The predicted octanol–water partition coefficient (Wildman–Crippen LogP) is 3.09. The van der Waals surface area contributed by atoms with E-state index >= 15 is 0 Å². The van der Waals surface area contributed by atoms with Crippen LogP contribution < -0.4 is 15.5 Å². The van der Waals surface area contributed by atoms with Crippen LogP contribution >= 0.6 is 0 Å². The largest absolute Gasteiger partial charge is 0.478 e. The van der Waals surface area contributed by atoms with E-state index in [4.69, 9.17) is 5.11 Å². The molecule has 1 aliphatic rings. The zero-order valence-electron chi connectivity index (χ0n) is 14.1.